The van der Waals surface area contributed by atoms with E-state index in [1.54, 1.807) is 14.2 Å². The highest BCUT2D eigenvalue weighted by Crippen LogP contribution is 2.37. The molecule has 5 nitrogen and oxygen atoms in total. The van der Waals surface area contributed by atoms with Gasteiger partial charge in [0.2, 0.25) is 0 Å². The van der Waals surface area contributed by atoms with Gasteiger partial charge in [0, 0.05) is 25.1 Å². The van der Waals surface area contributed by atoms with Gasteiger partial charge in [-0.2, -0.15) is 0 Å². The fraction of sp³-hybridized carbons (Fsp3) is 0.333. The summed E-state index contributed by atoms with van der Waals surface area (Å²) in [5, 5.41) is 3.05. The van der Waals surface area contributed by atoms with Crippen molar-refractivity contribution in [3.63, 3.8) is 0 Å². The second kappa shape index (κ2) is 6.23. The van der Waals surface area contributed by atoms with Crippen molar-refractivity contribution in [2.45, 2.75) is 13.3 Å². The van der Waals surface area contributed by atoms with Crippen LogP contribution in [0.1, 0.15) is 12.7 Å². The number of ether oxygens (including phenoxy) is 2. The van der Waals surface area contributed by atoms with Gasteiger partial charge in [0.25, 0.3) is 0 Å². The van der Waals surface area contributed by atoms with Gasteiger partial charge in [-0.05, 0) is 12.1 Å². The first-order valence-corrected chi connectivity index (χ1v) is 6.50. The lowest BCUT2D eigenvalue weighted by Crippen LogP contribution is -2.02. The Hall–Kier alpha value is -2.30. The molecule has 0 radical (unpaired) electrons. The maximum absolute atomic E-state index is 5.46. The van der Waals surface area contributed by atoms with Crippen LogP contribution >= 0.6 is 0 Å². The maximum atomic E-state index is 5.46. The number of nitrogens with one attached hydrogen (secondary N) is 1. The Morgan fingerprint density at radius 2 is 1.95 bits per heavy atom. The van der Waals surface area contributed by atoms with Gasteiger partial charge in [-0.25, -0.2) is 9.97 Å². The molecule has 2 rings (SSSR count). The molecule has 1 N–H and O–H groups in total. The van der Waals surface area contributed by atoms with E-state index in [4.69, 9.17) is 9.47 Å². The Balaban J connectivity index is 2.61. The lowest BCUT2D eigenvalue weighted by Gasteiger charge is -2.13. The summed E-state index contributed by atoms with van der Waals surface area (Å²) in [5.41, 5.74) is 1.71. The van der Waals surface area contributed by atoms with E-state index in [0.29, 0.717) is 11.5 Å². The fourth-order valence-corrected chi connectivity index (χ4v) is 2.01. The summed E-state index contributed by atoms with van der Waals surface area (Å²) >= 11 is 0. The number of benzene rings is 1. The third-order valence-corrected chi connectivity index (χ3v) is 3.02. The molecular formula is C15H19N3O2. The number of methoxy groups -OCH3 is 2. The zero-order valence-corrected chi connectivity index (χ0v) is 12.2. The summed E-state index contributed by atoms with van der Waals surface area (Å²) in [7, 11) is 5.09. The van der Waals surface area contributed by atoms with Gasteiger partial charge < -0.3 is 14.8 Å². The van der Waals surface area contributed by atoms with Gasteiger partial charge in [-0.3, -0.25) is 0 Å². The first-order valence-electron chi connectivity index (χ1n) is 6.50. The van der Waals surface area contributed by atoms with Crippen LogP contribution in [0.15, 0.2) is 24.3 Å². The van der Waals surface area contributed by atoms with E-state index in [1.165, 1.54) is 0 Å². The monoisotopic (exact) mass is 273 g/mol. The second-order valence-corrected chi connectivity index (χ2v) is 4.20. The number of aromatic nitrogens is 2. The highest BCUT2D eigenvalue weighted by atomic mass is 16.5. The van der Waals surface area contributed by atoms with Crippen LogP contribution in [-0.4, -0.2) is 31.2 Å². The van der Waals surface area contributed by atoms with Crippen molar-refractivity contribution in [1.82, 2.24) is 9.97 Å². The summed E-state index contributed by atoms with van der Waals surface area (Å²) < 4.78 is 10.8. The largest absolute Gasteiger partial charge is 0.493 e. The first kappa shape index (κ1) is 14.1. The van der Waals surface area contributed by atoms with Crippen LogP contribution < -0.4 is 14.8 Å². The van der Waals surface area contributed by atoms with E-state index in [2.05, 4.69) is 15.3 Å². The molecule has 0 aliphatic heterocycles. The average molecular weight is 273 g/mol. The minimum absolute atomic E-state index is 0.679. The smallest absolute Gasteiger partial charge is 0.170 e. The summed E-state index contributed by atoms with van der Waals surface area (Å²) in [5.74, 6) is 2.94. The van der Waals surface area contributed by atoms with Crippen LogP contribution in [0.3, 0.4) is 0 Å². The van der Waals surface area contributed by atoms with Crippen LogP contribution in [0.5, 0.6) is 11.5 Å². The van der Waals surface area contributed by atoms with E-state index in [-0.39, 0.29) is 0 Å². The third-order valence-electron chi connectivity index (χ3n) is 3.02. The van der Waals surface area contributed by atoms with Crippen LogP contribution in [-0.2, 0) is 6.42 Å². The predicted molar refractivity (Wildman–Crippen MR) is 79.5 cm³/mol. The Bertz CT molecular complexity index is 577. The SMILES string of the molecule is CCc1nc(NC)cc(-c2cccc(OC)c2OC)n1. The zero-order chi connectivity index (χ0) is 14.5. The van der Waals surface area contributed by atoms with Crippen molar-refractivity contribution in [2.75, 3.05) is 26.6 Å². The molecule has 0 bridgehead atoms. The topological polar surface area (TPSA) is 56.3 Å². The number of hydrogen-bond donors (Lipinski definition) is 1. The van der Waals surface area contributed by atoms with Crippen molar-refractivity contribution < 1.29 is 9.47 Å². The van der Waals surface area contributed by atoms with Crippen molar-refractivity contribution in [2.24, 2.45) is 0 Å². The molecule has 2 aromatic rings. The standard InChI is InChI=1S/C15H19N3O2/c1-5-13-17-11(9-14(16-2)18-13)10-7-6-8-12(19-3)15(10)20-4/h6-9H,5H2,1-4H3,(H,16,17,18). The maximum Gasteiger partial charge on any atom is 0.170 e. The molecule has 1 aromatic carbocycles. The van der Waals surface area contributed by atoms with Gasteiger partial charge >= 0.3 is 0 Å². The van der Waals surface area contributed by atoms with Crippen LogP contribution in [0, 0.1) is 0 Å². The Morgan fingerprint density at radius 3 is 2.55 bits per heavy atom. The molecule has 0 spiro atoms. The number of hydrogen-bond acceptors (Lipinski definition) is 5. The number of para-hydroxylation sites is 1. The molecule has 106 valence electrons. The summed E-state index contributed by atoms with van der Waals surface area (Å²) in [6, 6.07) is 7.64. The lowest BCUT2D eigenvalue weighted by atomic mass is 10.1. The van der Waals surface area contributed by atoms with Gasteiger partial charge in [-0.15, -0.1) is 0 Å². The Morgan fingerprint density at radius 1 is 1.15 bits per heavy atom. The van der Waals surface area contributed by atoms with Gasteiger partial charge in [-0.1, -0.05) is 13.0 Å². The van der Waals surface area contributed by atoms with Crippen molar-refractivity contribution >= 4 is 5.82 Å². The molecule has 1 aromatic heterocycles. The highest BCUT2D eigenvalue weighted by Gasteiger charge is 2.14. The van der Waals surface area contributed by atoms with Gasteiger partial charge in [0.15, 0.2) is 11.5 Å². The number of anilines is 1. The molecule has 0 unspecified atom stereocenters. The molecular weight excluding hydrogens is 254 g/mol. The quantitative estimate of drug-likeness (QED) is 0.907. The van der Waals surface area contributed by atoms with Crippen LogP contribution in [0.4, 0.5) is 5.82 Å². The molecule has 0 saturated heterocycles. The van der Waals surface area contributed by atoms with Gasteiger partial charge in [0.05, 0.1) is 19.9 Å². The normalized spacial score (nSPS) is 10.2. The van der Waals surface area contributed by atoms with E-state index < -0.39 is 0 Å². The van der Waals surface area contributed by atoms with E-state index in [0.717, 1.165) is 29.3 Å². The minimum atomic E-state index is 0.679. The van der Waals surface area contributed by atoms with E-state index in [1.807, 2.05) is 38.2 Å². The van der Waals surface area contributed by atoms with E-state index in [9.17, 15) is 0 Å². The summed E-state index contributed by atoms with van der Waals surface area (Å²) in [6.45, 7) is 2.03. The van der Waals surface area contributed by atoms with Crippen LogP contribution in [0.25, 0.3) is 11.3 Å². The van der Waals surface area contributed by atoms with Crippen LogP contribution in [0.2, 0.25) is 0 Å². The Kier molecular flexibility index (Phi) is 4.40. The van der Waals surface area contributed by atoms with Gasteiger partial charge in [0.1, 0.15) is 11.6 Å². The number of nitrogens with zero attached hydrogens (tertiary/aromatic N) is 2. The number of rotatable bonds is 5. The summed E-state index contributed by atoms with van der Waals surface area (Å²) in [6.07, 6.45) is 0.773. The fourth-order valence-electron chi connectivity index (χ4n) is 2.01. The molecule has 0 fully saturated rings. The molecule has 5 heteroatoms. The Labute approximate surface area is 119 Å². The zero-order valence-electron chi connectivity index (χ0n) is 12.2. The minimum Gasteiger partial charge on any atom is -0.493 e. The molecule has 0 amide bonds. The second-order valence-electron chi connectivity index (χ2n) is 4.20. The van der Waals surface area contributed by atoms with Crippen molar-refractivity contribution in [1.29, 1.82) is 0 Å². The number of aryl methyl sites for hydroxylation is 1. The summed E-state index contributed by atoms with van der Waals surface area (Å²) in [4.78, 5) is 8.97. The first-order chi connectivity index (χ1) is 9.73. The molecule has 0 atom stereocenters. The molecule has 1 heterocycles. The molecule has 0 aliphatic rings. The average Bonchev–Trinajstić information content (AvgIpc) is 2.53. The predicted octanol–water partition coefficient (Wildman–Crippen LogP) is 2.76. The third kappa shape index (κ3) is 2.66. The highest BCUT2D eigenvalue weighted by molar-refractivity contribution is 5.72. The van der Waals surface area contributed by atoms with Crippen molar-refractivity contribution in [3.05, 3.63) is 30.1 Å². The molecule has 20 heavy (non-hydrogen) atoms. The lowest BCUT2D eigenvalue weighted by molar-refractivity contribution is 0.356. The molecule has 0 saturated carbocycles. The molecule has 0 aliphatic carbocycles. The van der Waals surface area contributed by atoms with Crippen molar-refractivity contribution in [3.8, 4) is 22.8 Å². The van der Waals surface area contributed by atoms with E-state index >= 15 is 0 Å².